The van der Waals surface area contributed by atoms with Crippen LogP contribution in [-0.2, 0) is 0 Å². The molecule has 1 fully saturated rings. The minimum atomic E-state index is -0.478. The number of benzene rings is 2. The number of nitrogens with zero attached hydrogens (tertiary/aromatic N) is 3. The molecule has 1 aliphatic rings. The summed E-state index contributed by atoms with van der Waals surface area (Å²) < 4.78 is 17.2. The van der Waals surface area contributed by atoms with Gasteiger partial charge in [-0.3, -0.25) is 14.0 Å². The van der Waals surface area contributed by atoms with Crippen LogP contribution in [0, 0.1) is 5.82 Å². The summed E-state index contributed by atoms with van der Waals surface area (Å²) in [5, 5.41) is 3.03. The van der Waals surface area contributed by atoms with Crippen LogP contribution in [0.25, 0.3) is 26.4 Å². The van der Waals surface area contributed by atoms with Crippen LogP contribution in [0.15, 0.2) is 42.6 Å². The zero-order chi connectivity index (χ0) is 22.8. The Balaban J connectivity index is 1.28. The molecule has 2 aromatic heterocycles. The number of fused-ring (bicyclic) bond motifs is 3. The Bertz CT molecular complexity index is 1320. The first-order valence-corrected chi connectivity index (χ1v) is 12.1. The largest absolute Gasteiger partial charge is 0.352 e. The smallest absolute Gasteiger partial charge is 0.251 e. The number of piperidine rings is 1. The summed E-state index contributed by atoms with van der Waals surface area (Å²) in [6.45, 7) is 4.04. The van der Waals surface area contributed by atoms with E-state index in [0.717, 1.165) is 28.1 Å². The highest BCUT2D eigenvalue weighted by Crippen LogP contribution is 2.31. The number of aromatic nitrogens is 2. The number of amides is 1. The average molecular weight is 465 g/mol. The topological polar surface area (TPSA) is 66.7 Å². The van der Waals surface area contributed by atoms with Crippen molar-refractivity contribution in [3.63, 3.8) is 0 Å². The van der Waals surface area contributed by atoms with Crippen molar-refractivity contribution in [3.8, 4) is 11.3 Å². The van der Waals surface area contributed by atoms with Gasteiger partial charge in [-0.2, -0.15) is 0 Å². The van der Waals surface area contributed by atoms with Crippen LogP contribution in [-0.4, -0.2) is 52.7 Å². The predicted octanol–water partition coefficient (Wildman–Crippen LogP) is 4.77. The van der Waals surface area contributed by atoms with Crippen LogP contribution in [0.4, 0.5) is 4.39 Å². The van der Waals surface area contributed by atoms with E-state index >= 15 is 0 Å². The maximum absolute atomic E-state index is 14.4. The van der Waals surface area contributed by atoms with Crippen LogP contribution < -0.4 is 5.32 Å². The second kappa shape index (κ2) is 9.41. The molecule has 0 spiro atoms. The van der Waals surface area contributed by atoms with Gasteiger partial charge in [-0.25, -0.2) is 9.37 Å². The first-order chi connectivity index (χ1) is 16.1. The molecule has 1 saturated heterocycles. The van der Waals surface area contributed by atoms with E-state index in [1.54, 1.807) is 18.3 Å². The van der Waals surface area contributed by atoms with Crippen molar-refractivity contribution in [1.29, 1.82) is 0 Å². The molecule has 3 heterocycles. The molecule has 0 saturated carbocycles. The van der Waals surface area contributed by atoms with E-state index in [9.17, 15) is 14.0 Å². The van der Waals surface area contributed by atoms with Crippen molar-refractivity contribution in [3.05, 3.63) is 59.5 Å². The van der Waals surface area contributed by atoms with E-state index in [0.29, 0.717) is 35.2 Å². The van der Waals surface area contributed by atoms with Crippen LogP contribution in [0.1, 0.15) is 46.4 Å². The van der Waals surface area contributed by atoms with Crippen LogP contribution in [0.5, 0.6) is 0 Å². The highest BCUT2D eigenvalue weighted by atomic mass is 32.1. The van der Waals surface area contributed by atoms with Gasteiger partial charge in [-0.15, -0.1) is 0 Å². The Morgan fingerprint density at radius 3 is 2.79 bits per heavy atom. The quantitative estimate of drug-likeness (QED) is 0.316. The summed E-state index contributed by atoms with van der Waals surface area (Å²) >= 11 is 1.46. The summed E-state index contributed by atoms with van der Waals surface area (Å²) in [6, 6.07) is 9.96. The third-order valence-corrected chi connectivity index (χ3v) is 7.16. The third-order valence-electron chi connectivity index (χ3n) is 6.15. The van der Waals surface area contributed by atoms with Gasteiger partial charge >= 0.3 is 0 Å². The summed E-state index contributed by atoms with van der Waals surface area (Å²) in [4.78, 5) is 31.2. The molecule has 2 aromatic carbocycles. The molecule has 0 aliphatic carbocycles. The molecule has 5 rings (SSSR count). The molecule has 0 atom stereocenters. The molecule has 0 bridgehead atoms. The zero-order valence-electron chi connectivity index (χ0n) is 18.2. The number of likely N-dealkylation sites (tertiary alicyclic amines) is 1. The average Bonchev–Trinajstić information content (AvgIpc) is 3.39. The number of hydrogen-bond donors (Lipinski definition) is 1. The van der Waals surface area contributed by atoms with E-state index in [2.05, 4.69) is 15.2 Å². The Kier molecular flexibility index (Phi) is 6.20. The van der Waals surface area contributed by atoms with Crippen molar-refractivity contribution < 1.29 is 14.0 Å². The molecule has 1 aliphatic heterocycles. The lowest BCUT2D eigenvalue weighted by Crippen LogP contribution is -2.33. The maximum Gasteiger partial charge on any atom is 0.251 e. The van der Waals surface area contributed by atoms with E-state index in [-0.39, 0.29) is 5.91 Å². The fraction of sp³-hybridized carbons (Fsp3) is 0.320. The minimum Gasteiger partial charge on any atom is -0.352 e. The molecule has 170 valence electrons. The summed E-state index contributed by atoms with van der Waals surface area (Å²) in [7, 11) is 0. The number of hydrogen-bond acceptors (Lipinski definition) is 5. The monoisotopic (exact) mass is 464 g/mol. The van der Waals surface area contributed by atoms with Gasteiger partial charge in [0, 0.05) is 29.4 Å². The van der Waals surface area contributed by atoms with E-state index in [4.69, 9.17) is 0 Å². The van der Waals surface area contributed by atoms with Crippen molar-refractivity contribution in [1.82, 2.24) is 19.6 Å². The number of thiazole rings is 1. The molecule has 1 amide bonds. The summed E-state index contributed by atoms with van der Waals surface area (Å²) in [5.74, 6) is -0.548. The van der Waals surface area contributed by atoms with E-state index in [1.807, 2.05) is 22.6 Å². The standard InChI is InChI=1S/C25H25FN4O2S/c26-20-13-17(16-31)5-7-19(20)21-15-30-22-8-6-18(14-23(22)33-25(30)28-21)24(32)27-9-4-12-29-10-2-1-3-11-29/h5-8,13-16H,1-4,9-12H2,(H,27,32). The van der Waals surface area contributed by atoms with Gasteiger partial charge in [0.25, 0.3) is 5.91 Å². The number of nitrogens with one attached hydrogen (secondary N) is 1. The Labute approximate surface area is 195 Å². The van der Waals surface area contributed by atoms with Gasteiger partial charge in [-0.05, 0) is 69.2 Å². The Morgan fingerprint density at radius 2 is 2.00 bits per heavy atom. The third kappa shape index (κ3) is 4.54. The van der Waals surface area contributed by atoms with E-state index < -0.39 is 5.82 Å². The highest BCUT2D eigenvalue weighted by Gasteiger charge is 2.15. The van der Waals surface area contributed by atoms with Crippen LogP contribution >= 0.6 is 11.3 Å². The summed E-state index contributed by atoms with van der Waals surface area (Å²) in [5.41, 5.74) is 2.69. The fourth-order valence-corrected chi connectivity index (χ4v) is 5.42. The molecule has 0 unspecified atom stereocenters. The van der Waals surface area contributed by atoms with Gasteiger partial charge in [0.15, 0.2) is 4.96 Å². The SMILES string of the molecule is O=Cc1ccc(-c2cn3c(n2)sc2cc(C(=O)NCCCN4CCCCC4)ccc23)c(F)c1. The van der Waals surface area contributed by atoms with E-state index in [1.165, 1.54) is 49.8 Å². The van der Waals surface area contributed by atoms with Crippen molar-refractivity contribution in [2.75, 3.05) is 26.2 Å². The van der Waals surface area contributed by atoms with Crippen molar-refractivity contribution >= 4 is 38.7 Å². The molecular formula is C25H25FN4O2S. The molecule has 8 heteroatoms. The second-order valence-corrected chi connectivity index (χ2v) is 9.44. The molecular weight excluding hydrogens is 439 g/mol. The van der Waals surface area contributed by atoms with Crippen molar-refractivity contribution in [2.24, 2.45) is 0 Å². The van der Waals surface area contributed by atoms with Gasteiger partial charge in [0.2, 0.25) is 0 Å². The number of halogens is 1. The Hall–Kier alpha value is -3.10. The number of carbonyl (C=O) groups excluding carboxylic acids is 2. The number of aldehydes is 1. The first kappa shape index (κ1) is 21.7. The molecule has 0 radical (unpaired) electrons. The summed E-state index contributed by atoms with van der Waals surface area (Å²) in [6.07, 6.45) is 7.24. The molecule has 4 aromatic rings. The molecule has 6 nitrogen and oxygen atoms in total. The normalized spacial score (nSPS) is 14.7. The van der Waals surface area contributed by atoms with Gasteiger partial charge < -0.3 is 10.2 Å². The van der Waals surface area contributed by atoms with Gasteiger partial charge in [-0.1, -0.05) is 23.8 Å². The number of rotatable bonds is 7. The lowest BCUT2D eigenvalue weighted by atomic mass is 10.1. The van der Waals surface area contributed by atoms with Crippen LogP contribution in [0.3, 0.4) is 0 Å². The number of carbonyl (C=O) groups is 2. The lowest BCUT2D eigenvalue weighted by molar-refractivity contribution is 0.0951. The molecule has 33 heavy (non-hydrogen) atoms. The van der Waals surface area contributed by atoms with Gasteiger partial charge in [0.1, 0.15) is 12.1 Å². The second-order valence-electron chi connectivity index (χ2n) is 8.43. The number of imidazole rings is 1. The van der Waals surface area contributed by atoms with Crippen molar-refractivity contribution in [2.45, 2.75) is 25.7 Å². The predicted molar refractivity (Wildman–Crippen MR) is 129 cm³/mol. The Morgan fingerprint density at radius 1 is 1.15 bits per heavy atom. The highest BCUT2D eigenvalue weighted by molar-refractivity contribution is 7.23. The lowest BCUT2D eigenvalue weighted by Gasteiger charge is -2.26. The first-order valence-electron chi connectivity index (χ1n) is 11.3. The van der Waals surface area contributed by atoms with Gasteiger partial charge in [0.05, 0.1) is 15.9 Å². The minimum absolute atomic E-state index is 0.0698. The zero-order valence-corrected chi connectivity index (χ0v) is 19.0. The maximum atomic E-state index is 14.4. The fourth-order valence-electron chi connectivity index (χ4n) is 4.37. The molecule has 1 N–H and O–H groups in total. The van der Waals surface area contributed by atoms with Crippen LogP contribution in [0.2, 0.25) is 0 Å².